The highest BCUT2D eigenvalue weighted by Gasteiger charge is 2.63. The molecule has 1 atom stereocenters. The molecule has 1 unspecified atom stereocenters. The number of halogens is 4. The number of rotatable bonds is 2. The highest BCUT2D eigenvalue weighted by molar-refractivity contribution is 9.10. The maximum absolute atomic E-state index is 13.2. The lowest BCUT2D eigenvalue weighted by atomic mass is 9.79. The Morgan fingerprint density at radius 3 is 2.11 bits per heavy atom. The number of alkyl halides is 3. The number of hydrogen-bond donors (Lipinski definition) is 2. The molecule has 1 rings (SSSR count). The van der Waals surface area contributed by atoms with Crippen molar-refractivity contribution in [1.82, 2.24) is 0 Å². The van der Waals surface area contributed by atoms with Gasteiger partial charge in [-0.05, 0) is 37.9 Å². The van der Waals surface area contributed by atoms with Gasteiger partial charge >= 0.3 is 6.18 Å². The molecule has 0 radical (unpaired) electrons. The van der Waals surface area contributed by atoms with Crippen molar-refractivity contribution < 1.29 is 27.5 Å². The quantitative estimate of drug-likeness (QED) is 0.874. The predicted molar refractivity (Wildman–Crippen MR) is 65.1 cm³/mol. The van der Waals surface area contributed by atoms with Gasteiger partial charge in [-0.2, -0.15) is 13.2 Å². The third-order valence-electron chi connectivity index (χ3n) is 2.68. The number of hydrogen-bond acceptors (Lipinski definition) is 2. The van der Waals surface area contributed by atoms with Crippen LogP contribution in [0.4, 0.5) is 13.2 Å². The zero-order chi connectivity index (χ0) is 16.9. The standard InChI is InChI=1S/C12H14BrF3O2/c1-7-4-5-8(6-9(7)13)11(18,10(2,3)17)12(14,15)16/h4-6,17-18H,1-3H3/i1D3. The van der Waals surface area contributed by atoms with Crippen LogP contribution in [0.5, 0.6) is 0 Å². The zero-order valence-corrected chi connectivity index (χ0v) is 11.2. The molecule has 0 spiro atoms. The summed E-state index contributed by atoms with van der Waals surface area (Å²) in [6.07, 6.45) is -5.15. The fourth-order valence-corrected chi connectivity index (χ4v) is 1.98. The van der Waals surface area contributed by atoms with Crippen LogP contribution >= 0.6 is 15.9 Å². The Labute approximate surface area is 116 Å². The van der Waals surface area contributed by atoms with Crippen LogP contribution in [0.2, 0.25) is 0 Å². The normalized spacial score (nSPS) is 19.7. The Morgan fingerprint density at radius 2 is 1.78 bits per heavy atom. The van der Waals surface area contributed by atoms with Gasteiger partial charge in [-0.3, -0.25) is 0 Å². The zero-order valence-electron chi connectivity index (χ0n) is 12.6. The first-order valence-electron chi connectivity index (χ1n) is 6.44. The van der Waals surface area contributed by atoms with E-state index < -0.39 is 29.8 Å². The molecule has 0 aliphatic carbocycles. The van der Waals surface area contributed by atoms with E-state index in [0.717, 1.165) is 32.0 Å². The van der Waals surface area contributed by atoms with E-state index in [-0.39, 0.29) is 10.0 Å². The van der Waals surface area contributed by atoms with Crippen molar-refractivity contribution >= 4 is 15.9 Å². The molecule has 2 N–H and O–H groups in total. The molecule has 0 amide bonds. The lowest BCUT2D eigenvalue weighted by molar-refractivity contribution is -0.319. The van der Waals surface area contributed by atoms with Crippen LogP contribution in [0, 0.1) is 6.85 Å². The Kier molecular flexibility index (Phi) is 2.82. The Bertz CT molecular complexity index is 522. The molecule has 102 valence electrons. The van der Waals surface area contributed by atoms with Gasteiger partial charge in [0.15, 0.2) is 0 Å². The van der Waals surface area contributed by atoms with E-state index in [1.807, 2.05) is 0 Å². The summed E-state index contributed by atoms with van der Waals surface area (Å²) >= 11 is 2.89. The first kappa shape index (κ1) is 11.3. The van der Waals surface area contributed by atoms with Gasteiger partial charge in [0.25, 0.3) is 0 Å². The summed E-state index contributed by atoms with van der Waals surface area (Å²) in [7, 11) is 0. The highest BCUT2D eigenvalue weighted by Crippen LogP contribution is 2.46. The summed E-state index contributed by atoms with van der Waals surface area (Å²) in [5.41, 5.74) is -6.89. The maximum atomic E-state index is 13.2. The molecule has 18 heavy (non-hydrogen) atoms. The van der Waals surface area contributed by atoms with Crippen molar-refractivity contribution in [1.29, 1.82) is 0 Å². The van der Waals surface area contributed by atoms with Crippen molar-refractivity contribution in [2.75, 3.05) is 0 Å². The van der Waals surface area contributed by atoms with E-state index in [4.69, 9.17) is 4.11 Å². The van der Waals surface area contributed by atoms with Gasteiger partial charge in [-0.15, -0.1) is 0 Å². The SMILES string of the molecule is [2H]C([2H])([2H])c1ccc(C(O)(C(C)(C)O)C(F)(F)F)cc1Br. The van der Waals surface area contributed by atoms with Crippen LogP contribution in [-0.4, -0.2) is 22.0 Å². The molecule has 0 heterocycles. The monoisotopic (exact) mass is 329 g/mol. The van der Waals surface area contributed by atoms with Gasteiger partial charge in [0, 0.05) is 8.58 Å². The number of aliphatic hydroxyl groups is 2. The molecule has 1 aromatic carbocycles. The van der Waals surface area contributed by atoms with Gasteiger partial charge in [0.1, 0.15) is 5.60 Å². The minimum absolute atomic E-state index is 0.105. The van der Waals surface area contributed by atoms with Crippen molar-refractivity contribution in [2.24, 2.45) is 0 Å². The van der Waals surface area contributed by atoms with Crippen molar-refractivity contribution in [3.63, 3.8) is 0 Å². The summed E-state index contributed by atoms with van der Waals surface area (Å²) in [5.74, 6) is 0. The highest BCUT2D eigenvalue weighted by atomic mass is 79.9. The molecule has 0 aliphatic rings. The van der Waals surface area contributed by atoms with E-state index in [2.05, 4.69) is 15.9 Å². The van der Waals surface area contributed by atoms with Gasteiger partial charge in [-0.1, -0.05) is 28.1 Å². The van der Waals surface area contributed by atoms with E-state index >= 15 is 0 Å². The first-order chi connectivity index (χ1) is 9.12. The summed E-state index contributed by atoms with van der Waals surface area (Å²) in [5, 5.41) is 19.8. The second-order valence-corrected chi connectivity index (χ2v) is 5.32. The van der Waals surface area contributed by atoms with E-state index in [1.54, 1.807) is 0 Å². The summed E-state index contributed by atoms with van der Waals surface area (Å²) in [4.78, 5) is 0. The van der Waals surface area contributed by atoms with Crippen LogP contribution in [0.25, 0.3) is 0 Å². The summed E-state index contributed by atoms with van der Waals surface area (Å²) in [6.45, 7) is -0.861. The van der Waals surface area contributed by atoms with Gasteiger partial charge < -0.3 is 10.2 Å². The van der Waals surface area contributed by atoms with Crippen molar-refractivity contribution in [3.8, 4) is 0 Å². The van der Waals surface area contributed by atoms with Crippen LogP contribution in [0.1, 0.15) is 29.1 Å². The second-order valence-electron chi connectivity index (χ2n) is 4.46. The largest absolute Gasteiger partial charge is 0.424 e. The molecule has 2 nitrogen and oxygen atoms in total. The first-order valence-corrected chi connectivity index (χ1v) is 5.73. The van der Waals surface area contributed by atoms with Crippen molar-refractivity contribution in [2.45, 2.75) is 38.1 Å². The summed E-state index contributed by atoms with van der Waals surface area (Å²) in [6, 6.07) is 2.67. The van der Waals surface area contributed by atoms with Gasteiger partial charge in [0.05, 0.1) is 0 Å². The molecule has 6 heteroatoms. The second kappa shape index (κ2) is 4.51. The predicted octanol–water partition coefficient (Wildman–Crippen LogP) is 3.28. The molecule has 0 fully saturated rings. The van der Waals surface area contributed by atoms with Crippen LogP contribution in [0.15, 0.2) is 22.7 Å². The van der Waals surface area contributed by atoms with Crippen LogP contribution in [0.3, 0.4) is 0 Å². The Balaban J connectivity index is 3.54. The summed E-state index contributed by atoms with van der Waals surface area (Å²) < 4.78 is 61.3. The van der Waals surface area contributed by atoms with E-state index in [1.165, 1.54) is 0 Å². The minimum Gasteiger partial charge on any atom is -0.387 e. The third-order valence-corrected chi connectivity index (χ3v) is 3.34. The van der Waals surface area contributed by atoms with E-state index in [0.29, 0.717) is 0 Å². The smallest absolute Gasteiger partial charge is 0.387 e. The van der Waals surface area contributed by atoms with E-state index in [9.17, 15) is 23.4 Å². The lowest BCUT2D eigenvalue weighted by Gasteiger charge is -2.40. The average Bonchev–Trinajstić information content (AvgIpc) is 2.22. The molecule has 0 bridgehead atoms. The fourth-order valence-electron chi connectivity index (χ4n) is 1.60. The van der Waals surface area contributed by atoms with Crippen LogP contribution < -0.4 is 0 Å². The molecule has 0 saturated carbocycles. The van der Waals surface area contributed by atoms with Crippen molar-refractivity contribution in [3.05, 3.63) is 33.8 Å². The number of aryl methyl sites for hydroxylation is 1. The molecular formula is C12H14BrF3O2. The Hall–Kier alpha value is -0.590. The fraction of sp³-hybridized carbons (Fsp3) is 0.500. The molecular weight excluding hydrogens is 313 g/mol. The molecule has 0 saturated heterocycles. The topological polar surface area (TPSA) is 40.5 Å². The third kappa shape index (κ3) is 2.41. The Morgan fingerprint density at radius 1 is 1.22 bits per heavy atom. The molecule has 0 aromatic heterocycles. The molecule has 0 aliphatic heterocycles. The minimum atomic E-state index is -5.15. The van der Waals surface area contributed by atoms with Crippen LogP contribution in [-0.2, 0) is 5.60 Å². The lowest BCUT2D eigenvalue weighted by Crippen LogP contribution is -2.57. The molecule has 1 aromatic rings. The number of benzene rings is 1. The average molecular weight is 330 g/mol. The van der Waals surface area contributed by atoms with Gasteiger partial charge in [-0.25, -0.2) is 0 Å². The van der Waals surface area contributed by atoms with Gasteiger partial charge in [0.2, 0.25) is 5.60 Å². The maximum Gasteiger partial charge on any atom is 0.424 e.